The van der Waals surface area contributed by atoms with Crippen LogP contribution in [0.2, 0.25) is 0 Å². The zero-order valence-electron chi connectivity index (χ0n) is 7.55. The predicted molar refractivity (Wildman–Crippen MR) is 43.3 cm³/mol. The van der Waals surface area contributed by atoms with E-state index in [0.29, 0.717) is 12.8 Å². The van der Waals surface area contributed by atoms with E-state index in [0.717, 1.165) is 12.8 Å². The maximum Gasteiger partial charge on any atom is 0.313 e. The van der Waals surface area contributed by atoms with Crippen LogP contribution in [0.1, 0.15) is 39.5 Å². The van der Waals surface area contributed by atoms with E-state index >= 15 is 0 Å². The van der Waals surface area contributed by atoms with Gasteiger partial charge in [0, 0.05) is 6.42 Å². The third kappa shape index (κ3) is 2.64. The van der Waals surface area contributed by atoms with E-state index in [1.54, 1.807) is 0 Å². The summed E-state index contributed by atoms with van der Waals surface area (Å²) < 4.78 is 4.55. The van der Waals surface area contributed by atoms with Gasteiger partial charge in [-0.25, -0.2) is 0 Å². The summed E-state index contributed by atoms with van der Waals surface area (Å²) in [5.41, 5.74) is -0.0161. The van der Waals surface area contributed by atoms with Crippen LogP contribution in [0.5, 0.6) is 0 Å². The summed E-state index contributed by atoms with van der Waals surface area (Å²) in [6, 6.07) is 0. The first-order chi connectivity index (χ1) is 5.49. The van der Waals surface area contributed by atoms with Crippen molar-refractivity contribution < 1.29 is 14.3 Å². The summed E-state index contributed by atoms with van der Waals surface area (Å²) in [5.74, 6) is -0.764. The monoisotopic (exact) mass is 170 g/mol. The number of rotatable bonds is 0. The third-order valence-corrected chi connectivity index (χ3v) is 2.09. The van der Waals surface area contributed by atoms with Gasteiger partial charge < -0.3 is 4.74 Å². The number of esters is 2. The second-order valence-electron chi connectivity index (χ2n) is 4.04. The number of hydrogen-bond acceptors (Lipinski definition) is 3. The van der Waals surface area contributed by atoms with E-state index in [1.807, 2.05) is 13.8 Å². The Morgan fingerprint density at radius 3 is 2.58 bits per heavy atom. The number of carbonyl (C=O) groups is 2. The molecule has 0 bridgehead atoms. The Balaban J connectivity index is 2.60. The molecule has 0 N–H and O–H groups in total. The largest absolute Gasteiger partial charge is 0.393 e. The number of cyclic esters (lactones) is 2. The minimum atomic E-state index is -0.385. The summed E-state index contributed by atoms with van der Waals surface area (Å²) in [5, 5.41) is 0. The second kappa shape index (κ2) is 3.25. The van der Waals surface area contributed by atoms with Gasteiger partial charge in [-0.05, 0) is 18.3 Å². The van der Waals surface area contributed by atoms with Crippen LogP contribution in [0, 0.1) is 5.41 Å². The third-order valence-electron chi connectivity index (χ3n) is 2.09. The lowest BCUT2D eigenvalue weighted by molar-refractivity contribution is -0.162. The molecule has 3 heteroatoms. The Morgan fingerprint density at radius 1 is 1.25 bits per heavy atom. The summed E-state index contributed by atoms with van der Waals surface area (Å²) in [7, 11) is 0. The van der Waals surface area contributed by atoms with Crippen molar-refractivity contribution in [3.63, 3.8) is 0 Å². The molecular formula is C9H14O3. The molecule has 1 saturated heterocycles. The minimum absolute atomic E-state index is 0.0161. The Hall–Kier alpha value is -0.860. The van der Waals surface area contributed by atoms with Crippen molar-refractivity contribution in [2.45, 2.75) is 39.5 Å². The normalized spacial score (nSPS) is 24.2. The summed E-state index contributed by atoms with van der Waals surface area (Å²) >= 11 is 0. The fourth-order valence-electron chi connectivity index (χ4n) is 1.40. The predicted octanol–water partition coefficient (Wildman–Crippen LogP) is 1.66. The minimum Gasteiger partial charge on any atom is -0.393 e. The number of hydrogen-bond donors (Lipinski definition) is 0. The van der Waals surface area contributed by atoms with Crippen LogP contribution >= 0.6 is 0 Å². The van der Waals surface area contributed by atoms with E-state index in [4.69, 9.17) is 0 Å². The topological polar surface area (TPSA) is 43.4 Å². The van der Waals surface area contributed by atoms with Crippen LogP contribution in [-0.4, -0.2) is 11.9 Å². The highest BCUT2D eigenvalue weighted by Gasteiger charge is 2.26. The van der Waals surface area contributed by atoms with Crippen LogP contribution in [0.4, 0.5) is 0 Å². The SMILES string of the molecule is CC1(C)CCCC(=O)OC(=O)C1. The van der Waals surface area contributed by atoms with Crippen molar-refractivity contribution in [3.05, 3.63) is 0 Å². The fourth-order valence-corrected chi connectivity index (χ4v) is 1.40. The second-order valence-corrected chi connectivity index (χ2v) is 4.04. The van der Waals surface area contributed by atoms with Crippen LogP contribution in [-0.2, 0) is 14.3 Å². The number of ether oxygens (including phenoxy) is 1. The maximum absolute atomic E-state index is 11.0. The molecule has 0 aliphatic carbocycles. The van der Waals surface area contributed by atoms with Crippen molar-refractivity contribution in [3.8, 4) is 0 Å². The Bertz CT molecular complexity index is 206. The van der Waals surface area contributed by atoms with Gasteiger partial charge in [0.05, 0.1) is 6.42 Å². The first-order valence-corrected chi connectivity index (χ1v) is 4.23. The molecule has 1 fully saturated rings. The van der Waals surface area contributed by atoms with Gasteiger partial charge in [-0.3, -0.25) is 9.59 Å². The van der Waals surface area contributed by atoms with Gasteiger partial charge in [-0.1, -0.05) is 13.8 Å². The molecule has 0 saturated carbocycles. The van der Waals surface area contributed by atoms with Crippen LogP contribution in [0.25, 0.3) is 0 Å². The van der Waals surface area contributed by atoms with E-state index < -0.39 is 0 Å². The van der Waals surface area contributed by atoms with Gasteiger partial charge in [0.15, 0.2) is 0 Å². The van der Waals surface area contributed by atoms with E-state index in [9.17, 15) is 9.59 Å². The lowest BCUT2D eigenvalue weighted by Crippen LogP contribution is -2.24. The molecule has 0 aromatic rings. The molecule has 1 aliphatic heterocycles. The fraction of sp³-hybridized carbons (Fsp3) is 0.778. The van der Waals surface area contributed by atoms with Gasteiger partial charge in [-0.15, -0.1) is 0 Å². The maximum atomic E-state index is 11.0. The first-order valence-electron chi connectivity index (χ1n) is 4.23. The molecule has 0 amide bonds. The Labute approximate surface area is 72.1 Å². The average Bonchev–Trinajstić information content (AvgIpc) is 1.81. The van der Waals surface area contributed by atoms with Crippen LogP contribution < -0.4 is 0 Å². The summed E-state index contributed by atoms with van der Waals surface area (Å²) in [6.07, 6.45) is 2.45. The smallest absolute Gasteiger partial charge is 0.313 e. The van der Waals surface area contributed by atoms with Crippen molar-refractivity contribution >= 4 is 11.9 Å². The highest BCUT2D eigenvalue weighted by atomic mass is 16.6. The molecule has 1 aliphatic rings. The molecule has 1 heterocycles. The molecule has 3 nitrogen and oxygen atoms in total. The lowest BCUT2D eigenvalue weighted by Gasteiger charge is -2.24. The molecular weight excluding hydrogens is 156 g/mol. The molecule has 0 aromatic heterocycles. The lowest BCUT2D eigenvalue weighted by atomic mass is 9.83. The van der Waals surface area contributed by atoms with Gasteiger partial charge in [0.2, 0.25) is 0 Å². The summed E-state index contributed by atoms with van der Waals surface area (Å²) in [6.45, 7) is 4.04. The highest BCUT2D eigenvalue weighted by Crippen LogP contribution is 2.29. The van der Waals surface area contributed by atoms with Gasteiger partial charge in [0.1, 0.15) is 0 Å². The quantitative estimate of drug-likeness (QED) is 0.410. The van der Waals surface area contributed by atoms with Crippen molar-refractivity contribution in [2.24, 2.45) is 5.41 Å². The molecule has 1 rings (SSSR count). The van der Waals surface area contributed by atoms with E-state index in [1.165, 1.54) is 0 Å². The van der Waals surface area contributed by atoms with Crippen LogP contribution in [0.15, 0.2) is 0 Å². The molecule has 12 heavy (non-hydrogen) atoms. The zero-order chi connectivity index (χ0) is 9.19. The van der Waals surface area contributed by atoms with Gasteiger partial charge >= 0.3 is 11.9 Å². The molecule has 0 spiro atoms. The molecule has 0 unspecified atom stereocenters. The number of carbonyl (C=O) groups excluding carboxylic acids is 2. The summed E-state index contributed by atoms with van der Waals surface area (Å²) in [4.78, 5) is 21.8. The van der Waals surface area contributed by atoms with Crippen molar-refractivity contribution in [1.29, 1.82) is 0 Å². The molecule has 68 valence electrons. The standard InChI is InChI=1S/C9H14O3/c1-9(2)5-3-4-7(10)12-8(11)6-9/h3-6H2,1-2H3. The van der Waals surface area contributed by atoms with Crippen molar-refractivity contribution in [2.75, 3.05) is 0 Å². The molecule has 0 radical (unpaired) electrons. The zero-order valence-corrected chi connectivity index (χ0v) is 7.55. The van der Waals surface area contributed by atoms with E-state index in [2.05, 4.69) is 4.74 Å². The van der Waals surface area contributed by atoms with Gasteiger partial charge in [0.25, 0.3) is 0 Å². The van der Waals surface area contributed by atoms with E-state index in [-0.39, 0.29) is 17.4 Å². The molecule has 0 atom stereocenters. The molecule has 0 aromatic carbocycles. The Kier molecular flexibility index (Phi) is 2.50. The average molecular weight is 170 g/mol. The Morgan fingerprint density at radius 2 is 1.92 bits per heavy atom. The highest BCUT2D eigenvalue weighted by molar-refractivity contribution is 5.86. The van der Waals surface area contributed by atoms with Crippen molar-refractivity contribution in [1.82, 2.24) is 0 Å². The first kappa shape index (κ1) is 9.23. The van der Waals surface area contributed by atoms with Crippen LogP contribution in [0.3, 0.4) is 0 Å². The van der Waals surface area contributed by atoms with Gasteiger partial charge in [-0.2, -0.15) is 0 Å².